The van der Waals surface area contributed by atoms with Crippen molar-refractivity contribution in [2.24, 2.45) is 11.8 Å². The van der Waals surface area contributed by atoms with Crippen molar-refractivity contribution in [1.82, 2.24) is 5.32 Å². The third-order valence-corrected chi connectivity index (χ3v) is 3.46. The van der Waals surface area contributed by atoms with Gasteiger partial charge in [0.1, 0.15) is 0 Å². The van der Waals surface area contributed by atoms with Gasteiger partial charge in [-0.05, 0) is 32.1 Å². The number of carbonyl (C=O) groups is 1. The standard InChI is InChI=1S/C11H20BrNO/c1-8-5-4-6-9(8)7-13-10(14)11(2,3)12/h8-9H,4-7H2,1-3H3,(H,13,14). The summed E-state index contributed by atoms with van der Waals surface area (Å²) in [6, 6.07) is 0. The van der Waals surface area contributed by atoms with Crippen molar-refractivity contribution < 1.29 is 4.79 Å². The molecule has 0 radical (unpaired) electrons. The summed E-state index contributed by atoms with van der Waals surface area (Å²) in [6.07, 6.45) is 3.90. The number of hydrogen-bond acceptors (Lipinski definition) is 1. The van der Waals surface area contributed by atoms with Crippen molar-refractivity contribution in [1.29, 1.82) is 0 Å². The van der Waals surface area contributed by atoms with E-state index in [1.54, 1.807) is 0 Å². The Morgan fingerprint density at radius 1 is 1.50 bits per heavy atom. The van der Waals surface area contributed by atoms with Gasteiger partial charge in [-0.25, -0.2) is 0 Å². The summed E-state index contributed by atoms with van der Waals surface area (Å²) < 4.78 is -0.436. The normalized spacial score (nSPS) is 27.7. The van der Waals surface area contributed by atoms with E-state index in [0.29, 0.717) is 5.92 Å². The van der Waals surface area contributed by atoms with Crippen LogP contribution in [0, 0.1) is 11.8 Å². The highest BCUT2D eigenvalue weighted by Crippen LogP contribution is 2.30. The Balaban J connectivity index is 2.30. The number of nitrogens with one attached hydrogen (secondary N) is 1. The van der Waals surface area contributed by atoms with Crippen LogP contribution in [0.4, 0.5) is 0 Å². The summed E-state index contributed by atoms with van der Waals surface area (Å²) in [5.74, 6) is 1.55. The largest absolute Gasteiger partial charge is 0.355 e. The van der Waals surface area contributed by atoms with Gasteiger partial charge in [0.25, 0.3) is 0 Å². The fraction of sp³-hybridized carbons (Fsp3) is 0.909. The lowest BCUT2D eigenvalue weighted by atomic mass is 9.98. The van der Waals surface area contributed by atoms with E-state index in [1.165, 1.54) is 19.3 Å². The first kappa shape index (κ1) is 12.0. The van der Waals surface area contributed by atoms with Crippen LogP contribution in [-0.2, 0) is 4.79 Å². The molecule has 1 aliphatic rings. The summed E-state index contributed by atoms with van der Waals surface area (Å²) in [6.45, 7) is 6.87. The molecule has 2 atom stereocenters. The van der Waals surface area contributed by atoms with E-state index in [1.807, 2.05) is 13.8 Å². The van der Waals surface area contributed by atoms with Gasteiger partial charge in [-0.1, -0.05) is 35.7 Å². The Labute approximate surface area is 95.0 Å². The van der Waals surface area contributed by atoms with Crippen LogP contribution >= 0.6 is 15.9 Å². The van der Waals surface area contributed by atoms with Crippen LogP contribution in [0.3, 0.4) is 0 Å². The van der Waals surface area contributed by atoms with Crippen molar-refractivity contribution in [3.05, 3.63) is 0 Å². The third-order valence-electron chi connectivity index (χ3n) is 3.10. The van der Waals surface area contributed by atoms with Crippen LogP contribution in [-0.4, -0.2) is 16.8 Å². The Bertz CT molecular complexity index is 210. The van der Waals surface area contributed by atoms with E-state index < -0.39 is 4.32 Å². The zero-order chi connectivity index (χ0) is 10.8. The average Bonchev–Trinajstić information content (AvgIpc) is 2.45. The van der Waals surface area contributed by atoms with Crippen LogP contribution in [0.1, 0.15) is 40.0 Å². The molecule has 0 aliphatic heterocycles. The highest BCUT2D eigenvalue weighted by atomic mass is 79.9. The molecule has 0 aromatic heterocycles. The first-order chi connectivity index (χ1) is 6.41. The SMILES string of the molecule is CC1CCCC1CNC(=O)C(C)(C)Br. The van der Waals surface area contributed by atoms with Gasteiger partial charge in [0.2, 0.25) is 5.91 Å². The number of hydrogen-bond donors (Lipinski definition) is 1. The highest BCUT2D eigenvalue weighted by Gasteiger charge is 2.27. The molecule has 1 N–H and O–H groups in total. The van der Waals surface area contributed by atoms with E-state index in [0.717, 1.165) is 12.5 Å². The van der Waals surface area contributed by atoms with Gasteiger partial charge in [-0.15, -0.1) is 0 Å². The summed E-state index contributed by atoms with van der Waals surface area (Å²) in [4.78, 5) is 11.6. The highest BCUT2D eigenvalue weighted by molar-refractivity contribution is 9.10. The Hall–Kier alpha value is -0.0500. The quantitative estimate of drug-likeness (QED) is 0.778. The lowest BCUT2D eigenvalue weighted by molar-refractivity contribution is -0.122. The molecule has 2 unspecified atom stereocenters. The molecule has 0 bridgehead atoms. The van der Waals surface area contributed by atoms with E-state index in [-0.39, 0.29) is 5.91 Å². The smallest absolute Gasteiger partial charge is 0.236 e. The monoisotopic (exact) mass is 261 g/mol. The van der Waals surface area contributed by atoms with Crippen LogP contribution < -0.4 is 5.32 Å². The van der Waals surface area contributed by atoms with Gasteiger partial charge >= 0.3 is 0 Å². The van der Waals surface area contributed by atoms with Crippen molar-refractivity contribution in [3.8, 4) is 0 Å². The third kappa shape index (κ3) is 3.26. The van der Waals surface area contributed by atoms with Crippen LogP contribution in [0.15, 0.2) is 0 Å². The maximum atomic E-state index is 11.6. The van der Waals surface area contributed by atoms with E-state index in [4.69, 9.17) is 0 Å². The zero-order valence-electron chi connectivity index (χ0n) is 9.27. The van der Waals surface area contributed by atoms with Gasteiger partial charge in [0.15, 0.2) is 0 Å². The number of rotatable bonds is 3. The topological polar surface area (TPSA) is 29.1 Å². The van der Waals surface area contributed by atoms with Gasteiger partial charge in [-0.2, -0.15) is 0 Å². The lowest BCUT2D eigenvalue weighted by Gasteiger charge is -2.20. The predicted molar refractivity (Wildman–Crippen MR) is 62.5 cm³/mol. The molecule has 0 aromatic carbocycles. The molecule has 14 heavy (non-hydrogen) atoms. The molecular formula is C11H20BrNO. The molecule has 0 heterocycles. The second-order valence-electron chi connectivity index (χ2n) is 4.85. The Morgan fingerprint density at radius 3 is 2.57 bits per heavy atom. The van der Waals surface area contributed by atoms with Gasteiger partial charge in [-0.3, -0.25) is 4.79 Å². The number of halogens is 1. The number of carbonyl (C=O) groups excluding carboxylic acids is 1. The summed E-state index contributed by atoms with van der Waals surface area (Å²) >= 11 is 3.36. The first-order valence-corrected chi connectivity index (χ1v) is 6.18. The molecule has 2 nitrogen and oxygen atoms in total. The molecule has 3 heteroatoms. The first-order valence-electron chi connectivity index (χ1n) is 5.38. The molecule has 0 spiro atoms. The predicted octanol–water partition coefficient (Wildman–Crippen LogP) is 2.71. The average molecular weight is 262 g/mol. The van der Waals surface area contributed by atoms with Gasteiger partial charge in [0, 0.05) is 6.54 Å². The molecule has 1 aliphatic carbocycles. The Morgan fingerprint density at radius 2 is 2.14 bits per heavy atom. The van der Waals surface area contributed by atoms with Gasteiger partial charge < -0.3 is 5.32 Å². The van der Waals surface area contributed by atoms with Crippen molar-refractivity contribution in [3.63, 3.8) is 0 Å². The molecule has 0 aromatic rings. The second-order valence-corrected chi connectivity index (χ2v) is 6.83. The van der Waals surface area contributed by atoms with Crippen LogP contribution in [0.25, 0.3) is 0 Å². The molecule has 82 valence electrons. The molecule has 0 saturated heterocycles. The van der Waals surface area contributed by atoms with Crippen molar-refractivity contribution in [2.45, 2.75) is 44.4 Å². The summed E-state index contributed by atoms with van der Waals surface area (Å²) in [5.41, 5.74) is 0. The maximum absolute atomic E-state index is 11.6. The summed E-state index contributed by atoms with van der Waals surface area (Å²) in [7, 11) is 0. The van der Waals surface area contributed by atoms with Crippen LogP contribution in [0.2, 0.25) is 0 Å². The lowest BCUT2D eigenvalue weighted by Crippen LogP contribution is -2.40. The fourth-order valence-electron chi connectivity index (χ4n) is 1.96. The number of alkyl halides is 1. The molecular weight excluding hydrogens is 242 g/mol. The second kappa shape index (κ2) is 4.65. The fourth-order valence-corrected chi connectivity index (χ4v) is 2.10. The van der Waals surface area contributed by atoms with E-state index in [2.05, 4.69) is 28.2 Å². The van der Waals surface area contributed by atoms with E-state index in [9.17, 15) is 4.79 Å². The van der Waals surface area contributed by atoms with Gasteiger partial charge in [0.05, 0.1) is 4.32 Å². The molecule has 1 saturated carbocycles. The van der Waals surface area contributed by atoms with Crippen molar-refractivity contribution in [2.75, 3.05) is 6.54 Å². The molecule has 1 rings (SSSR count). The Kier molecular flexibility index (Phi) is 3.99. The molecule has 1 amide bonds. The maximum Gasteiger partial charge on any atom is 0.236 e. The minimum absolute atomic E-state index is 0.0941. The minimum Gasteiger partial charge on any atom is -0.355 e. The van der Waals surface area contributed by atoms with Crippen LogP contribution in [0.5, 0.6) is 0 Å². The minimum atomic E-state index is -0.436. The number of amides is 1. The zero-order valence-corrected chi connectivity index (χ0v) is 10.9. The summed E-state index contributed by atoms with van der Waals surface area (Å²) in [5, 5.41) is 3.01. The van der Waals surface area contributed by atoms with E-state index >= 15 is 0 Å². The molecule has 1 fully saturated rings. The van der Waals surface area contributed by atoms with Crippen molar-refractivity contribution >= 4 is 21.8 Å².